The molecule has 0 saturated carbocycles. The lowest BCUT2D eigenvalue weighted by atomic mass is 10.1. The number of aldehydes is 1. The van der Waals surface area contributed by atoms with Crippen molar-refractivity contribution in [2.24, 2.45) is 0 Å². The van der Waals surface area contributed by atoms with Gasteiger partial charge in [0.1, 0.15) is 6.29 Å². The van der Waals surface area contributed by atoms with Crippen molar-refractivity contribution in [2.75, 3.05) is 5.75 Å². The van der Waals surface area contributed by atoms with Gasteiger partial charge in [-0.25, -0.2) is 8.42 Å². The van der Waals surface area contributed by atoms with Gasteiger partial charge in [-0.3, -0.25) is 4.79 Å². The van der Waals surface area contributed by atoms with Crippen LogP contribution in [-0.2, 0) is 14.6 Å². The molecule has 0 aromatic rings. The van der Waals surface area contributed by atoms with Gasteiger partial charge in [-0.15, -0.1) is 0 Å². The third-order valence-electron chi connectivity index (χ3n) is 2.12. The van der Waals surface area contributed by atoms with Crippen molar-refractivity contribution in [3.05, 3.63) is 12.2 Å². The maximum atomic E-state index is 11.3. The van der Waals surface area contributed by atoms with E-state index < -0.39 is 9.84 Å². The molecule has 1 fully saturated rings. The molecule has 1 heterocycles. The normalized spacial score (nSPS) is 26.8. The molecule has 0 aromatic heterocycles. The maximum absolute atomic E-state index is 11.3. The van der Waals surface area contributed by atoms with Gasteiger partial charge >= 0.3 is 0 Å². The van der Waals surface area contributed by atoms with Crippen LogP contribution in [0.15, 0.2) is 12.2 Å². The number of carbonyl (C=O) groups excluding carboxylic acids is 1. The highest BCUT2D eigenvalue weighted by molar-refractivity contribution is 7.92. The average molecular weight is 188 g/mol. The van der Waals surface area contributed by atoms with Gasteiger partial charge in [0.05, 0.1) is 11.0 Å². The van der Waals surface area contributed by atoms with E-state index in [0.29, 0.717) is 24.7 Å². The first-order chi connectivity index (χ1) is 5.56. The summed E-state index contributed by atoms with van der Waals surface area (Å²) in [5, 5.41) is -0.352. The fraction of sp³-hybridized carbons (Fsp3) is 0.625. The van der Waals surface area contributed by atoms with Crippen molar-refractivity contribution in [3.8, 4) is 0 Å². The molecule has 1 unspecified atom stereocenters. The molecule has 1 saturated heterocycles. The largest absolute Gasteiger partial charge is 0.298 e. The van der Waals surface area contributed by atoms with Crippen LogP contribution < -0.4 is 0 Å². The number of hydrogen-bond acceptors (Lipinski definition) is 3. The van der Waals surface area contributed by atoms with Crippen molar-refractivity contribution in [3.63, 3.8) is 0 Å². The van der Waals surface area contributed by atoms with Crippen molar-refractivity contribution in [1.82, 2.24) is 0 Å². The second-order valence-electron chi connectivity index (χ2n) is 3.11. The zero-order valence-corrected chi connectivity index (χ0v) is 7.64. The highest BCUT2D eigenvalue weighted by Gasteiger charge is 2.31. The van der Waals surface area contributed by atoms with E-state index in [9.17, 15) is 13.2 Å². The Balaban J connectivity index is 2.65. The highest BCUT2D eigenvalue weighted by Crippen LogP contribution is 2.24. The zero-order chi connectivity index (χ0) is 9.19. The standard InChI is InChI=1S/C8H12O3S/c1-7(6-9)5-8-3-2-4-12(8,10)11/h6,8H,1-5H2. The molecule has 1 rings (SSSR count). The van der Waals surface area contributed by atoms with Gasteiger partial charge in [0.15, 0.2) is 9.84 Å². The monoisotopic (exact) mass is 188 g/mol. The summed E-state index contributed by atoms with van der Waals surface area (Å²) in [5.74, 6) is 0.268. The Morgan fingerprint density at radius 3 is 2.67 bits per heavy atom. The predicted molar refractivity (Wildman–Crippen MR) is 46.6 cm³/mol. The van der Waals surface area contributed by atoms with Crippen molar-refractivity contribution in [1.29, 1.82) is 0 Å². The van der Waals surface area contributed by atoms with E-state index in [2.05, 4.69) is 6.58 Å². The molecule has 0 N–H and O–H groups in total. The van der Waals surface area contributed by atoms with Crippen LogP contribution in [0.2, 0.25) is 0 Å². The quantitative estimate of drug-likeness (QED) is 0.484. The van der Waals surface area contributed by atoms with Crippen LogP contribution in [0, 0.1) is 0 Å². The molecule has 3 nitrogen and oxygen atoms in total. The van der Waals surface area contributed by atoms with Gasteiger partial charge in [-0.2, -0.15) is 0 Å². The molecule has 0 radical (unpaired) electrons. The van der Waals surface area contributed by atoms with E-state index >= 15 is 0 Å². The van der Waals surface area contributed by atoms with Crippen LogP contribution in [0.25, 0.3) is 0 Å². The maximum Gasteiger partial charge on any atom is 0.153 e. The lowest BCUT2D eigenvalue weighted by Crippen LogP contribution is -2.16. The van der Waals surface area contributed by atoms with E-state index in [4.69, 9.17) is 0 Å². The molecule has 68 valence electrons. The predicted octanol–water partition coefficient (Wildman–Crippen LogP) is 0.709. The summed E-state index contributed by atoms with van der Waals surface area (Å²) in [7, 11) is -2.91. The summed E-state index contributed by atoms with van der Waals surface area (Å²) in [6, 6.07) is 0. The van der Waals surface area contributed by atoms with E-state index in [0.717, 1.165) is 6.42 Å². The molecule has 12 heavy (non-hydrogen) atoms. The summed E-state index contributed by atoms with van der Waals surface area (Å²) in [6.45, 7) is 3.47. The minimum Gasteiger partial charge on any atom is -0.298 e. The van der Waals surface area contributed by atoms with E-state index in [-0.39, 0.29) is 11.0 Å². The van der Waals surface area contributed by atoms with Gasteiger partial charge in [0, 0.05) is 0 Å². The smallest absolute Gasteiger partial charge is 0.153 e. The lowest BCUT2D eigenvalue weighted by molar-refractivity contribution is -0.105. The number of sulfone groups is 1. The lowest BCUT2D eigenvalue weighted by Gasteiger charge is -2.06. The molecule has 0 aliphatic carbocycles. The van der Waals surface area contributed by atoms with Crippen molar-refractivity contribution < 1.29 is 13.2 Å². The Labute approximate surface area is 72.4 Å². The molecule has 0 spiro atoms. The Kier molecular flexibility index (Phi) is 2.67. The number of hydrogen-bond donors (Lipinski definition) is 0. The minimum atomic E-state index is -2.91. The number of carbonyl (C=O) groups is 1. The fourth-order valence-electron chi connectivity index (χ4n) is 1.43. The SMILES string of the molecule is C=C(C=O)CC1CCCS1(=O)=O. The van der Waals surface area contributed by atoms with Crippen LogP contribution in [0.4, 0.5) is 0 Å². The van der Waals surface area contributed by atoms with Crippen molar-refractivity contribution >= 4 is 16.1 Å². The Morgan fingerprint density at radius 2 is 2.25 bits per heavy atom. The van der Waals surface area contributed by atoms with Crippen LogP contribution in [0.1, 0.15) is 19.3 Å². The highest BCUT2D eigenvalue weighted by atomic mass is 32.2. The van der Waals surface area contributed by atoms with E-state index in [1.54, 1.807) is 0 Å². The summed E-state index contributed by atoms with van der Waals surface area (Å²) in [5.41, 5.74) is 0.380. The third-order valence-corrected chi connectivity index (χ3v) is 4.40. The molecule has 4 heteroatoms. The third kappa shape index (κ3) is 1.94. The number of rotatable bonds is 3. The van der Waals surface area contributed by atoms with Gasteiger partial charge in [-0.1, -0.05) is 6.58 Å². The molecule has 0 amide bonds. The molecule has 0 bridgehead atoms. The van der Waals surface area contributed by atoms with Gasteiger partial charge in [-0.05, 0) is 24.8 Å². The molecule has 1 aliphatic rings. The molecule has 0 aromatic carbocycles. The van der Waals surface area contributed by atoms with E-state index in [1.165, 1.54) is 0 Å². The molecule has 1 atom stereocenters. The molecular weight excluding hydrogens is 176 g/mol. The van der Waals surface area contributed by atoms with E-state index in [1.807, 2.05) is 0 Å². The Hall–Kier alpha value is -0.640. The second kappa shape index (κ2) is 3.39. The average Bonchev–Trinajstić information content (AvgIpc) is 2.31. The molecule has 1 aliphatic heterocycles. The van der Waals surface area contributed by atoms with Crippen LogP contribution in [0.3, 0.4) is 0 Å². The second-order valence-corrected chi connectivity index (χ2v) is 5.51. The van der Waals surface area contributed by atoms with Gasteiger partial charge in [0.25, 0.3) is 0 Å². The minimum absolute atomic E-state index is 0.268. The number of allylic oxidation sites excluding steroid dienone is 1. The summed E-state index contributed by atoms with van der Waals surface area (Å²) in [6.07, 6.45) is 2.34. The summed E-state index contributed by atoms with van der Waals surface area (Å²) >= 11 is 0. The summed E-state index contributed by atoms with van der Waals surface area (Å²) in [4.78, 5) is 10.2. The first kappa shape index (κ1) is 9.45. The van der Waals surface area contributed by atoms with Crippen molar-refractivity contribution in [2.45, 2.75) is 24.5 Å². The first-order valence-corrected chi connectivity index (χ1v) is 5.62. The van der Waals surface area contributed by atoms with Gasteiger partial charge < -0.3 is 0 Å². The Morgan fingerprint density at radius 1 is 1.58 bits per heavy atom. The van der Waals surface area contributed by atoms with Crippen LogP contribution >= 0.6 is 0 Å². The fourth-order valence-corrected chi connectivity index (χ4v) is 3.32. The summed E-state index contributed by atoms with van der Waals surface area (Å²) < 4.78 is 22.5. The zero-order valence-electron chi connectivity index (χ0n) is 6.82. The Bertz CT molecular complexity index is 289. The van der Waals surface area contributed by atoms with Gasteiger partial charge in [0.2, 0.25) is 0 Å². The first-order valence-electron chi connectivity index (χ1n) is 3.91. The van der Waals surface area contributed by atoms with Crippen LogP contribution in [0.5, 0.6) is 0 Å². The topological polar surface area (TPSA) is 51.2 Å². The van der Waals surface area contributed by atoms with Crippen LogP contribution in [-0.4, -0.2) is 25.7 Å². The molecular formula is C8H12O3S.